The molecule has 0 aliphatic carbocycles. The average Bonchev–Trinajstić information content (AvgIpc) is 2.97. The Hall–Kier alpha value is -4.51. The Morgan fingerprint density at radius 2 is 1.69 bits per heavy atom. The topological polar surface area (TPSA) is 65.7 Å². The Balaban J connectivity index is 1.57. The SMILES string of the molecule is CCOc1cc(C=Nn2c(-c3cccc(C(F)(F)F)c3)nc3ccccc3c2=O)c(Br)cc1OCc1ccccc1F. The molecule has 0 radical (unpaired) electrons. The van der Waals surface area contributed by atoms with Gasteiger partial charge in [0, 0.05) is 21.2 Å². The van der Waals surface area contributed by atoms with Crippen molar-refractivity contribution in [3.63, 3.8) is 0 Å². The molecule has 1 heterocycles. The van der Waals surface area contributed by atoms with E-state index >= 15 is 0 Å². The number of para-hydroxylation sites is 1. The fourth-order valence-electron chi connectivity index (χ4n) is 4.17. The summed E-state index contributed by atoms with van der Waals surface area (Å²) in [6.07, 6.45) is -3.22. The number of fused-ring (bicyclic) bond motifs is 1. The van der Waals surface area contributed by atoms with E-state index in [1.54, 1.807) is 61.5 Å². The van der Waals surface area contributed by atoms with E-state index in [2.05, 4.69) is 26.0 Å². The second-order valence-electron chi connectivity index (χ2n) is 9.03. The van der Waals surface area contributed by atoms with Crippen LogP contribution in [0.2, 0.25) is 0 Å². The summed E-state index contributed by atoms with van der Waals surface area (Å²) in [5, 5.41) is 4.60. The minimum absolute atomic E-state index is 0.0366. The molecule has 214 valence electrons. The monoisotopic (exact) mass is 639 g/mol. The van der Waals surface area contributed by atoms with E-state index in [4.69, 9.17) is 9.47 Å². The second kappa shape index (κ2) is 12.2. The van der Waals surface area contributed by atoms with Gasteiger partial charge in [-0.05, 0) is 65.3 Å². The predicted molar refractivity (Wildman–Crippen MR) is 155 cm³/mol. The van der Waals surface area contributed by atoms with Crippen molar-refractivity contribution in [1.29, 1.82) is 0 Å². The smallest absolute Gasteiger partial charge is 0.416 e. The standard InChI is InChI=1S/C31H22BrF4N3O3/c1-2-41-27-15-21(24(32)16-28(27)42-18-20-8-3-5-12-25(20)33)17-37-39-29(19-9-7-10-22(14-19)31(34,35)36)38-26-13-6-4-11-23(26)30(39)40/h3-17H,2,18H2,1H3. The van der Waals surface area contributed by atoms with Crippen LogP contribution in [0.3, 0.4) is 0 Å². The summed E-state index contributed by atoms with van der Waals surface area (Å²) in [5.74, 6) is 0.232. The summed E-state index contributed by atoms with van der Waals surface area (Å²) < 4.78 is 67.6. The van der Waals surface area contributed by atoms with Crippen molar-refractivity contribution in [3.05, 3.63) is 122 Å². The van der Waals surface area contributed by atoms with Gasteiger partial charge in [0.05, 0.1) is 29.3 Å². The van der Waals surface area contributed by atoms with E-state index < -0.39 is 23.1 Å². The zero-order chi connectivity index (χ0) is 29.9. The van der Waals surface area contributed by atoms with E-state index in [0.717, 1.165) is 16.8 Å². The van der Waals surface area contributed by atoms with E-state index in [0.29, 0.717) is 39.2 Å². The van der Waals surface area contributed by atoms with Crippen molar-refractivity contribution >= 4 is 33.0 Å². The fraction of sp³-hybridized carbons (Fsp3) is 0.129. The number of hydrogen-bond donors (Lipinski definition) is 0. The lowest BCUT2D eigenvalue weighted by Crippen LogP contribution is -2.20. The number of alkyl halides is 3. The van der Waals surface area contributed by atoms with Gasteiger partial charge in [0.15, 0.2) is 17.3 Å². The first-order valence-electron chi connectivity index (χ1n) is 12.7. The highest BCUT2D eigenvalue weighted by Gasteiger charge is 2.31. The van der Waals surface area contributed by atoms with Crippen molar-refractivity contribution in [2.45, 2.75) is 19.7 Å². The van der Waals surface area contributed by atoms with E-state index in [1.807, 2.05) is 0 Å². The fourth-order valence-corrected chi connectivity index (χ4v) is 4.60. The molecule has 0 spiro atoms. The van der Waals surface area contributed by atoms with Crippen molar-refractivity contribution in [3.8, 4) is 22.9 Å². The van der Waals surface area contributed by atoms with E-state index in [1.165, 1.54) is 24.4 Å². The highest BCUT2D eigenvalue weighted by atomic mass is 79.9. The lowest BCUT2D eigenvalue weighted by atomic mass is 10.1. The molecule has 0 fully saturated rings. The van der Waals surface area contributed by atoms with Gasteiger partial charge in [-0.3, -0.25) is 4.79 Å². The third-order valence-electron chi connectivity index (χ3n) is 6.22. The van der Waals surface area contributed by atoms with E-state index in [9.17, 15) is 22.4 Å². The van der Waals surface area contributed by atoms with E-state index in [-0.39, 0.29) is 23.4 Å². The molecule has 0 bridgehead atoms. The van der Waals surface area contributed by atoms with Crippen LogP contribution in [0.25, 0.3) is 22.3 Å². The summed E-state index contributed by atoms with van der Waals surface area (Å²) in [5.41, 5.74) is -0.213. The normalized spacial score (nSPS) is 11.8. The van der Waals surface area contributed by atoms with Gasteiger partial charge in [-0.2, -0.15) is 22.9 Å². The maximum Gasteiger partial charge on any atom is 0.416 e. The van der Waals surface area contributed by atoms with Crippen LogP contribution in [0.5, 0.6) is 11.5 Å². The quantitative estimate of drug-likeness (QED) is 0.128. The maximum atomic E-state index is 14.1. The van der Waals surface area contributed by atoms with Crippen molar-refractivity contribution < 1.29 is 27.0 Å². The van der Waals surface area contributed by atoms with Crippen molar-refractivity contribution in [2.24, 2.45) is 5.10 Å². The number of aromatic nitrogens is 2. The Bertz CT molecular complexity index is 1850. The summed E-state index contributed by atoms with van der Waals surface area (Å²) in [7, 11) is 0. The minimum atomic E-state index is -4.59. The molecule has 42 heavy (non-hydrogen) atoms. The first kappa shape index (κ1) is 29.0. The van der Waals surface area contributed by atoms with Crippen LogP contribution in [0.4, 0.5) is 17.6 Å². The van der Waals surface area contributed by atoms with Crippen LogP contribution in [0, 0.1) is 5.82 Å². The molecule has 1 aromatic heterocycles. The molecule has 0 saturated heterocycles. The molecule has 4 aromatic carbocycles. The van der Waals surface area contributed by atoms with Crippen LogP contribution >= 0.6 is 15.9 Å². The van der Waals surface area contributed by atoms with Crippen LogP contribution in [0.1, 0.15) is 23.6 Å². The van der Waals surface area contributed by atoms with Gasteiger partial charge in [-0.1, -0.05) is 42.5 Å². The summed E-state index contributed by atoms with van der Waals surface area (Å²) in [6.45, 7) is 2.06. The number of halogens is 5. The van der Waals surface area contributed by atoms with Crippen LogP contribution in [0.15, 0.2) is 99.3 Å². The molecule has 5 aromatic rings. The lowest BCUT2D eigenvalue weighted by Gasteiger charge is -2.14. The molecule has 0 unspecified atom stereocenters. The first-order valence-corrected chi connectivity index (χ1v) is 13.5. The third-order valence-corrected chi connectivity index (χ3v) is 6.90. The van der Waals surface area contributed by atoms with Crippen LogP contribution in [-0.2, 0) is 12.8 Å². The molecular formula is C31H22BrF4N3O3. The predicted octanol–water partition coefficient (Wildman–Crippen LogP) is 7.84. The molecule has 0 amide bonds. The zero-order valence-electron chi connectivity index (χ0n) is 22.0. The minimum Gasteiger partial charge on any atom is -0.490 e. The Kier molecular flexibility index (Phi) is 8.39. The molecule has 0 atom stereocenters. The number of ether oxygens (including phenoxy) is 2. The molecule has 0 saturated carbocycles. The summed E-state index contributed by atoms with van der Waals surface area (Å²) in [4.78, 5) is 18.0. The summed E-state index contributed by atoms with van der Waals surface area (Å²) in [6, 6.07) is 20.6. The van der Waals surface area contributed by atoms with Gasteiger partial charge in [0.2, 0.25) is 0 Å². The molecule has 0 N–H and O–H groups in total. The molecule has 5 rings (SSSR count). The Morgan fingerprint density at radius 3 is 2.45 bits per heavy atom. The number of nitrogens with zero attached hydrogens (tertiary/aromatic N) is 3. The molecule has 0 aliphatic heterocycles. The van der Waals surface area contributed by atoms with Gasteiger partial charge in [0.1, 0.15) is 12.4 Å². The number of hydrogen-bond acceptors (Lipinski definition) is 5. The van der Waals surface area contributed by atoms with Gasteiger partial charge in [-0.25, -0.2) is 9.37 Å². The molecule has 11 heteroatoms. The van der Waals surface area contributed by atoms with Gasteiger partial charge in [-0.15, -0.1) is 0 Å². The average molecular weight is 640 g/mol. The molecular weight excluding hydrogens is 618 g/mol. The van der Waals surface area contributed by atoms with Gasteiger partial charge < -0.3 is 9.47 Å². The highest BCUT2D eigenvalue weighted by Crippen LogP contribution is 2.35. The zero-order valence-corrected chi connectivity index (χ0v) is 23.6. The highest BCUT2D eigenvalue weighted by molar-refractivity contribution is 9.10. The van der Waals surface area contributed by atoms with Crippen molar-refractivity contribution in [2.75, 3.05) is 6.61 Å². The summed E-state index contributed by atoms with van der Waals surface area (Å²) >= 11 is 3.47. The Morgan fingerprint density at radius 1 is 0.952 bits per heavy atom. The largest absolute Gasteiger partial charge is 0.490 e. The second-order valence-corrected chi connectivity index (χ2v) is 9.88. The Labute approximate surface area is 246 Å². The van der Waals surface area contributed by atoms with Gasteiger partial charge in [0.25, 0.3) is 5.56 Å². The number of benzene rings is 4. The maximum absolute atomic E-state index is 14.1. The number of rotatable bonds is 8. The third kappa shape index (κ3) is 6.20. The van der Waals surface area contributed by atoms with Gasteiger partial charge >= 0.3 is 6.18 Å². The van der Waals surface area contributed by atoms with Crippen LogP contribution in [-0.4, -0.2) is 22.5 Å². The van der Waals surface area contributed by atoms with Crippen molar-refractivity contribution in [1.82, 2.24) is 9.66 Å². The van der Waals surface area contributed by atoms with Crippen LogP contribution < -0.4 is 15.0 Å². The molecule has 6 nitrogen and oxygen atoms in total. The molecule has 0 aliphatic rings. The first-order chi connectivity index (χ1) is 20.2. The lowest BCUT2D eigenvalue weighted by molar-refractivity contribution is -0.137.